The lowest BCUT2D eigenvalue weighted by molar-refractivity contribution is 0.0442. The predicted octanol–water partition coefficient (Wildman–Crippen LogP) is 3.75. The Labute approximate surface area is 193 Å². The number of hydrogen-bond acceptors (Lipinski definition) is 7. The van der Waals surface area contributed by atoms with E-state index in [4.69, 9.17) is 13.9 Å². The molecule has 0 saturated carbocycles. The summed E-state index contributed by atoms with van der Waals surface area (Å²) in [7, 11) is -2.04. The maximum absolute atomic E-state index is 12.7. The first kappa shape index (κ1) is 24.5. The summed E-state index contributed by atoms with van der Waals surface area (Å²) in [6.07, 6.45) is 2.03. The Hall–Kier alpha value is -3.17. The predicted molar refractivity (Wildman–Crippen MR) is 121 cm³/mol. The van der Waals surface area contributed by atoms with Gasteiger partial charge in [-0.1, -0.05) is 18.2 Å². The molecule has 33 heavy (non-hydrogen) atoms. The standard InChI is InChI=1S/C24H27NO7S/c1-17-14-21(18(2)25(17)11-7-12-30-3)22(26)15-32-24(27)23-19(10-13-31-23)16-33(28,29)20-8-5-4-6-9-20/h4-6,8-10,13-14H,7,11-12,15-16H2,1-3H3. The molecule has 1 aromatic carbocycles. The lowest BCUT2D eigenvalue weighted by atomic mass is 10.1. The van der Waals surface area contributed by atoms with Crippen LogP contribution in [-0.4, -0.2) is 45.1 Å². The molecule has 8 nitrogen and oxygen atoms in total. The number of sulfone groups is 1. The first-order chi connectivity index (χ1) is 15.7. The summed E-state index contributed by atoms with van der Waals surface area (Å²) in [5.41, 5.74) is 2.37. The van der Waals surface area contributed by atoms with Gasteiger partial charge in [-0.05, 0) is 44.5 Å². The van der Waals surface area contributed by atoms with E-state index in [1.807, 2.05) is 18.4 Å². The largest absolute Gasteiger partial charge is 0.457 e. The topological polar surface area (TPSA) is 105 Å². The van der Waals surface area contributed by atoms with Gasteiger partial charge in [-0.15, -0.1) is 0 Å². The zero-order valence-electron chi connectivity index (χ0n) is 18.9. The van der Waals surface area contributed by atoms with Crippen molar-refractivity contribution in [1.29, 1.82) is 0 Å². The molecule has 0 fully saturated rings. The number of Topliss-reactive ketones (excluding diaryl/α,β-unsaturated/α-hetero) is 1. The van der Waals surface area contributed by atoms with Gasteiger partial charge < -0.3 is 18.5 Å². The number of nitrogens with zero attached hydrogens (tertiary/aromatic N) is 1. The molecule has 3 aromatic rings. The molecule has 2 aromatic heterocycles. The fourth-order valence-electron chi connectivity index (χ4n) is 3.61. The van der Waals surface area contributed by atoms with Crippen LogP contribution in [0, 0.1) is 13.8 Å². The van der Waals surface area contributed by atoms with Crippen LogP contribution in [0.1, 0.15) is 44.3 Å². The summed E-state index contributed by atoms with van der Waals surface area (Å²) >= 11 is 0. The average molecular weight is 474 g/mol. The van der Waals surface area contributed by atoms with Crippen molar-refractivity contribution in [3.8, 4) is 0 Å². The quantitative estimate of drug-likeness (QED) is 0.237. The van der Waals surface area contributed by atoms with Gasteiger partial charge in [-0.3, -0.25) is 4.79 Å². The van der Waals surface area contributed by atoms with Crippen molar-refractivity contribution in [2.24, 2.45) is 0 Å². The number of aromatic nitrogens is 1. The Bertz CT molecular complexity index is 1220. The number of methoxy groups -OCH3 is 1. The van der Waals surface area contributed by atoms with Crippen LogP contribution in [0.5, 0.6) is 0 Å². The summed E-state index contributed by atoms with van der Waals surface area (Å²) in [5, 5.41) is 0. The van der Waals surface area contributed by atoms with Gasteiger partial charge in [-0.2, -0.15) is 0 Å². The van der Waals surface area contributed by atoms with Crippen molar-refractivity contribution >= 4 is 21.6 Å². The minimum atomic E-state index is -3.68. The number of rotatable bonds is 11. The van der Waals surface area contributed by atoms with Crippen LogP contribution in [0.2, 0.25) is 0 Å². The molecule has 2 heterocycles. The van der Waals surface area contributed by atoms with Crippen molar-refractivity contribution in [1.82, 2.24) is 4.57 Å². The Morgan fingerprint density at radius 3 is 2.52 bits per heavy atom. The van der Waals surface area contributed by atoms with Gasteiger partial charge >= 0.3 is 5.97 Å². The zero-order chi connectivity index (χ0) is 24.0. The second-order valence-corrected chi connectivity index (χ2v) is 9.62. The molecular formula is C24H27NO7S. The minimum absolute atomic E-state index is 0.140. The van der Waals surface area contributed by atoms with E-state index in [1.54, 1.807) is 31.4 Å². The monoisotopic (exact) mass is 473 g/mol. The minimum Gasteiger partial charge on any atom is -0.457 e. The van der Waals surface area contributed by atoms with Crippen LogP contribution in [0.4, 0.5) is 0 Å². The Balaban J connectivity index is 1.66. The summed E-state index contributed by atoms with van der Waals surface area (Å²) in [5.74, 6) is -1.89. The molecule has 0 spiro atoms. The van der Waals surface area contributed by atoms with Crippen LogP contribution in [-0.2, 0) is 31.6 Å². The molecule has 0 bridgehead atoms. The fourth-order valence-corrected chi connectivity index (χ4v) is 4.99. The number of aryl methyl sites for hydroxylation is 1. The SMILES string of the molecule is COCCCn1c(C)cc(C(=O)COC(=O)c2occc2CS(=O)(=O)c2ccccc2)c1C. The zero-order valence-corrected chi connectivity index (χ0v) is 19.7. The molecule has 3 rings (SSSR count). The maximum atomic E-state index is 12.7. The summed E-state index contributed by atoms with van der Waals surface area (Å²) in [6, 6.07) is 11.1. The van der Waals surface area contributed by atoms with Crippen molar-refractivity contribution in [2.75, 3.05) is 20.3 Å². The molecule has 176 valence electrons. The highest BCUT2D eigenvalue weighted by Gasteiger charge is 2.25. The summed E-state index contributed by atoms with van der Waals surface area (Å²) < 4.78 is 42.7. The molecule has 0 amide bonds. The van der Waals surface area contributed by atoms with Crippen LogP contribution in [0.25, 0.3) is 0 Å². The first-order valence-corrected chi connectivity index (χ1v) is 12.1. The van der Waals surface area contributed by atoms with E-state index in [0.29, 0.717) is 18.7 Å². The highest BCUT2D eigenvalue weighted by Crippen LogP contribution is 2.21. The van der Waals surface area contributed by atoms with Crippen molar-refractivity contribution < 1.29 is 31.9 Å². The normalized spacial score (nSPS) is 11.5. The van der Waals surface area contributed by atoms with Gasteiger partial charge in [0.15, 0.2) is 16.4 Å². The average Bonchev–Trinajstić information content (AvgIpc) is 3.36. The van der Waals surface area contributed by atoms with Crippen LogP contribution in [0.15, 0.2) is 58.0 Å². The molecule has 9 heteroatoms. The molecule has 0 unspecified atom stereocenters. The van der Waals surface area contributed by atoms with Gasteiger partial charge in [0.25, 0.3) is 0 Å². The lowest BCUT2D eigenvalue weighted by Crippen LogP contribution is -2.16. The van der Waals surface area contributed by atoms with E-state index >= 15 is 0 Å². The third-order valence-corrected chi connectivity index (χ3v) is 7.00. The van der Waals surface area contributed by atoms with E-state index in [1.165, 1.54) is 24.5 Å². The number of furan rings is 1. The molecule has 0 aliphatic rings. The molecular weight excluding hydrogens is 446 g/mol. The van der Waals surface area contributed by atoms with Gasteiger partial charge in [0.2, 0.25) is 11.5 Å². The fraction of sp³-hybridized carbons (Fsp3) is 0.333. The number of carbonyl (C=O) groups excluding carboxylic acids is 2. The van der Waals surface area contributed by atoms with Crippen LogP contribution >= 0.6 is 0 Å². The van der Waals surface area contributed by atoms with E-state index in [9.17, 15) is 18.0 Å². The summed E-state index contributed by atoms with van der Waals surface area (Å²) in [4.78, 5) is 25.4. The van der Waals surface area contributed by atoms with E-state index in [0.717, 1.165) is 17.8 Å². The molecule has 0 N–H and O–H groups in total. The van der Waals surface area contributed by atoms with E-state index < -0.39 is 28.2 Å². The molecule has 0 saturated heterocycles. The highest BCUT2D eigenvalue weighted by atomic mass is 32.2. The third-order valence-electron chi connectivity index (χ3n) is 5.32. The lowest BCUT2D eigenvalue weighted by Gasteiger charge is -2.09. The Kier molecular flexibility index (Phi) is 7.88. The molecule has 0 atom stereocenters. The number of carbonyl (C=O) groups is 2. The van der Waals surface area contributed by atoms with E-state index in [-0.39, 0.29) is 22.0 Å². The number of ether oxygens (including phenoxy) is 2. The maximum Gasteiger partial charge on any atom is 0.374 e. The molecule has 0 radical (unpaired) electrons. The second kappa shape index (κ2) is 10.6. The number of ketones is 1. The van der Waals surface area contributed by atoms with Crippen molar-refractivity contribution in [3.63, 3.8) is 0 Å². The molecule has 0 aliphatic heterocycles. The van der Waals surface area contributed by atoms with Crippen molar-refractivity contribution in [2.45, 2.75) is 37.5 Å². The Morgan fingerprint density at radius 1 is 1.09 bits per heavy atom. The van der Waals surface area contributed by atoms with Gasteiger partial charge in [0.05, 0.1) is 16.9 Å². The highest BCUT2D eigenvalue weighted by molar-refractivity contribution is 7.90. The van der Waals surface area contributed by atoms with Gasteiger partial charge in [0.1, 0.15) is 0 Å². The smallest absolute Gasteiger partial charge is 0.374 e. The number of esters is 1. The van der Waals surface area contributed by atoms with Gasteiger partial charge in [-0.25, -0.2) is 13.2 Å². The Morgan fingerprint density at radius 2 is 1.82 bits per heavy atom. The van der Waals surface area contributed by atoms with Crippen LogP contribution < -0.4 is 0 Å². The van der Waals surface area contributed by atoms with E-state index in [2.05, 4.69) is 0 Å². The second-order valence-electron chi connectivity index (χ2n) is 7.63. The number of hydrogen-bond donors (Lipinski definition) is 0. The summed E-state index contributed by atoms with van der Waals surface area (Å²) in [6.45, 7) is 4.60. The van der Waals surface area contributed by atoms with Crippen LogP contribution in [0.3, 0.4) is 0 Å². The molecule has 0 aliphatic carbocycles. The van der Waals surface area contributed by atoms with Gasteiger partial charge in [0, 0.05) is 42.8 Å². The number of benzene rings is 1. The third kappa shape index (κ3) is 5.80. The van der Waals surface area contributed by atoms with Crippen molar-refractivity contribution in [3.05, 3.63) is 77.0 Å². The first-order valence-electron chi connectivity index (χ1n) is 10.4.